The Morgan fingerprint density at radius 1 is 1.24 bits per heavy atom. The van der Waals surface area contributed by atoms with E-state index in [4.69, 9.17) is 21.8 Å². The lowest BCUT2D eigenvalue weighted by atomic mass is 9.87. The van der Waals surface area contributed by atoms with Crippen LogP contribution in [0.3, 0.4) is 0 Å². The molecule has 1 saturated heterocycles. The van der Waals surface area contributed by atoms with E-state index in [0.29, 0.717) is 17.1 Å². The maximum absolute atomic E-state index is 9.10. The molecule has 7 nitrogen and oxygen atoms in total. The van der Waals surface area contributed by atoms with Crippen molar-refractivity contribution in [3.05, 3.63) is 34.9 Å². The summed E-state index contributed by atoms with van der Waals surface area (Å²) in [6.45, 7) is 11.4. The Bertz CT molecular complexity index is 956. The van der Waals surface area contributed by atoms with Crippen LogP contribution in [0.4, 0.5) is 17.3 Å². The SMILES string of the molecule is C[C@@H]1CN(c2ncnc3c2C(C)(C)CN3c2cnc(C#N)c(Cl)c2)[C@@H](C)CN1.Cl. The van der Waals surface area contributed by atoms with Crippen molar-refractivity contribution >= 4 is 41.3 Å². The Morgan fingerprint density at radius 2 is 1.97 bits per heavy atom. The molecule has 1 fully saturated rings. The van der Waals surface area contributed by atoms with Gasteiger partial charge >= 0.3 is 0 Å². The highest BCUT2D eigenvalue weighted by Gasteiger charge is 2.42. The first-order valence-electron chi connectivity index (χ1n) is 9.50. The van der Waals surface area contributed by atoms with Crippen LogP contribution in [0.1, 0.15) is 39.0 Å². The summed E-state index contributed by atoms with van der Waals surface area (Å²) in [5.74, 6) is 1.89. The number of pyridine rings is 1. The van der Waals surface area contributed by atoms with Crippen molar-refractivity contribution in [1.82, 2.24) is 20.3 Å². The van der Waals surface area contributed by atoms with E-state index in [1.807, 2.05) is 6.07 Å². The number of hydrogen-bond acceptors (Lipinski definition) is 7. The highest BCUT2D eigenvalue weighted by molar-refractivity contribution is 6.31. The van der Waals surface area contributed by atoms with E-state index in [-0.39, 0.29) is 23.5 Å². The normalized spacial score (nSPS) is 22.6. The van der Waals surface area contributed by atoms with Crippen LogP contribution in [0.25, 0.3) is 0 Å². The first-order valence-corrected chi connectivity index (χ1v) is 9.88. The van der Waals surface area contributed by atoms with E-state index >= 15 is 0 Å². The molecule has 0 radical (unpaired) electrons. The van der Waals surface area contributed by atoms with E-state index in [9.17, 15) is 0 Å². The molecule has 4 rings (SSSR count). The molecule has 0 aliphatic carbocycles. The smallest absolute Gasteiger partial charge is 0.159 e. The molecule has 4 heterocycles. The second kappa shape index (κ2) is 7.94. The van der Waals surface area contributed by atoms with Gasteiger partial charge in [-0.2, -0.15) is 5.26 Å². The first kappa shape index (κ1) is 21.6. The molecule has 1 N–H and O–H groups in total. The minimum absolute atomic E-state index is 0. The standard InChI is InChI=1S/C20H24ClN7.ClH/c1-12-9-27(13(2)7-23-12)18-17-19(26-11-25-18)28(10-20(17,3)4)14-5-15(21)16(6-22)24-8-14;/h5,8,11-13,23H,7,9-10H2,1-4H3;1H/t12-,13+;/m1./s1. The predicted octanol–water partition coefficient (Wildman–Crippen LogP) is 3.43. The monoisotopic (exact) mass is 433 g/mol. The molecule has 2 aromatic heterocycles. The summed E-state index contributed by atoms with van der Waals surface area (Å²) in [5, 5.41) is 13.0. The lowest BCUT2D eigenvalue weighted by Crippen LogP contribution is -2.55. The van der Waals surface area contributed by atoms with Crippen LogP contribution >= 0.6 is 24.0 Å². The van der Waals surface area contributed by atoms with Gasteiger partial charge in [-0.3, -0.25) is 0 Å². The number of nitriles is 1. The van der Waals surface area contributed by atoms with Crippen molar-refractivity contribution in [2.45, 2.75) is 45.2 Å². The van der Waals surface area contributed by atoms with Crippen LogP contribution in [0.5, 0.6) is 0 Å². The summed E-state index contributed by atoms with van der Waals surface area (Å²) >= 11 is 6.23. The van der Waals surface area contributed by atoms with Crippen LogP contribution in [0.15, 0.2) is 18.6 Å². The van der Waals surface area contributed by atoms with Gasteiger partial charge in [-0.15, -0.1) is 12.4 Å². The van der Waals surface area contributed by atoms with Gasteiger partial charge in [0.05, 0.1) is 16.9 Å². The van der Waals surface area contributed by atoms with Gasteiger partial charge in [-0.05, 0) is 19.9 Å². The van der Waals surface area contributed by atoms with Crippen molar-refractivity contribution in [1.29, 1.82) is 5.26 Å². The average Bonchev–Trinajstić information content (AvgIpc) is 2.95. The topological polar surface area (TPSA) is 81.0 Å². The van der Waals surface area contributed by atoms with Gasteiger partial charge in [-0.1, -0.05) is 25.4 Å². The summed E-state index contributed by atoms with van der Waals surface area (Å²) in [6.07, 6.45) is 3.33. The minimum atomic E-state index is -0.139. The Morgan fingerprint density at radius 3 is 2.66 bits per heavy atom. The number of fused-ring (bicyclic) bond motifs is 1. The van der Waals surface area contributed by atoms with Crippen LogP contribution in [0, 0.1) is 11.3 Å². The lowest BCUT2D eigenvalue weighted by molar-refractivity contribution is 0.419. The third-order valence-corrected chi connectivity index (χ3v) is 5.86. The molecule has 2 aliphatic rings. The van der Waals surface area contributed by atoms with Gasteiger partial charge in [0.25, 0.3) is 0 Å². The zero-order chi connectivity index (χ0) is 20.1. The van der Waals surface area contributed by atoms with Crippen LogP contribution in [-0.2, 0) is 5.41 Å². The fraction of sp³-hybridized carbons (Fsp3) is 0.500. The van der Waals surface area contributed by atoms with E-state index in [0.717, 1.165) is 42.5 Å². The molecule has 0 spiro atoms. The molecule has 2 atom stereocenters. The van der Waals surface area contributed by atoms with E-state index in [2.05, 4.69) is 52.8 Å². The third kappa shape index (κ3) is 3.73. The van der Waals surface area contributed by atoms with Gasteiger partial charge in [-0.25, -0.2) is 15.0 Å². The largest absolute Gasteiger partial charge is 0.351 e. The number of hydrogen-bond donors (Lipinski definition) is 1. The highest BCUT2D eigenvalue weighted by atomic mass is 35.5. The number of nitrogens with zero attached hydrogens (tertiary/aromatic N) is 6. The maximum atomic E-state index is 9.10. The van der Waals surface area contributed by atoms with Crippen LogP contribution < -0.4 is 15.1 Å². The van der Waals surface area contributed by atoms with E-state index < -0.39 is 0 Å². The third-order valence-electron chi connectivity index (χ3n) is 5.57. The summed E-state index contributed by atoms with van der Waals surface area (Å²) in [7, 11) is 0. The number of nitrogens with one attached hydrogen (secondary N) is 1. The molecule has 9 heteroatoms. The molecule has 154 valence electrons. The Kier molecular flexibility index (Phi) is 5.91. The van der Waals surface area contributed by atoms with Crippen molar-refractivity contribution in [3.8, 4) is 6.07 Å². The number of piperazine rings is 1. The second-order valence-corrected chi connectivity index (χ2v) is 8.72. The van der Waals surface area contributed by atoms with Crippen molar-refractivity contribution in [3.63, 3.8) is 0 Å². The zero-order valence-corrected chi connectivity index (χ0v) is 18.5. The molecular formula is C20H25Cl2N7. The van der Waals surface area contributed by atoms with Crippen LogP contribution in [0.2, 0.25) is 5.02 Å². The number of halogens is 2. The molecule has 0 aromatic carbocycles. The fourth-order valence-corrected chi connectivity index (χ4v) is 4.34. The van der Waals surface area contributed by atoms with Gasteiger partial charge in [0, 0.05) is 42.7 Å². The van der Waals surface area contributed by atoms with Gasteiger partial charge < -0.3 is 15.1 Å². The first-order chi connectivity index (χ1) is 13.3. The number of rotatable bonds is 2. The minimum Gasteiger partial charge on any atom is -0.351 e. The quantitative estimate of drug-likeness (QED) is 0.776. The van der Waals surface area contributed by atoms with Gasteiger partial charge in [0.15, 0.2) is 5.69 Å². The fourth-order valence-electron chi connectivity index (χ4n) is 4.13. The molecule has 2 aromatic rings. The van der Waals surface area contributed by atoms with Gasteiger partial charge in [0.1, 0.15) is 24.0 Å². The summed E-state index contributed by atoms with van der Waals surface area (Å²) in [6, 6.07) is 4.56. The Hall–Kier alpha value is -2.14. The lowest BCUT2D eigenvalue weighted by Gasteiger charge is -2.40. The molecule has 0 amide bonds. The summed E-state index contributed by atoms with van der Waals surface area (Å²) in [4.78, 5) is 18.0. The molecule has 0 saturated carbocycles. The molecule has 29 heavy (non-hydrogen) atoms. The van der Waals surface area contributed by atoms with Crippen molar-refractivity contribution in [2.75, 3.05) is 29.4 Å². The highest BCUT2D eigenvalue weighted by Crippen LogP contribution is 2.47. The zero-order valence-electron chi connectivity index (χ0n) is 17.0. The van der Waals surface area contributed by atoms with E-state index in [1.54, 1.807) is 18.6 Å². The molecular weight excluding hydrogens is 409 g/mol. The number of anilines is 3. The predicted molar refractivity (Wildman–Crippen MR) is 118 cm³/mol. The second-order valence-electron chi connectivity index (χ2n) is 8.31. The molecule has 0 bridgehead atoms. The van der Waals surface area contributed by atoms with Crippen molar-refractivity contribution < 1.29 is 0 Å². The number of aromatic nitrogens is 3. The van der Waals surface area contributed by atoms with Crippen LogP contribution in [-0.4, -0.2) is 46.7 Å². The maximum Gasteiger partial charge on any atom is 0.159 e. The molecule has 2 aliphatic heterocycles. The Balaban J connectivity index is 0.00000240. The van der Waals surface area contributed by atoms with E-state index in [1.165, 1.54) is 0 Å². The van der Waals surface area contributed by atoms with Gasteiger partial charge in [0.2, 0.25) is 0 Å². The Labute approximate surface area is 182 Å². The summed E-state index contributed by atoms with van der Waals surface area (Å²) < 4.78 is 0. The average molecular weight is 434 g/mol. The molecule has 0 unspecified atom stereocenters. The summed E-state index contributed by atoms with van der Waals surface area (Å²) in [5.41, 5.74) is 2.08. The van der Waals surface area contributed by atoms with Crippen molar-refractivity contribution in [2.24, 2.45) is 0 Å².